The summed E-state index contributed by atoms with van der Waals surface area (Å²) in [5.41, 5.74) is 0. The van der Waals surface area contributed by atoms with Crippen LogP contribution < -0.4 is 5.32 Å². The van der Waals surface area contributed by atoms with Gasteiger partial charge in [-0.25, -0.2) is 0 Å². The van der Waals surface area contributed by atoms with Gasteiger partial charge in [0.05, 0.1) is 0 Å². The van der Waals surface area contributed by atoms with Gasteiger partial charge in [-0.05, 0) is 50.9 Å². The molecule has 3 aliphatic rings. The van der Waals surface area contributed by atoms with Crippen LogP contribution in [-0.4, -0.2) is 59.7 Å². The van der Waals surface area contributed by atoms with Crippen molar-refractivity contribution in [2.75, 3.05) is 26.2 Å². The van der Waals surface area contributed by atoms with E-state index in [2.05, 4.69) is 5.32 Å². The van der Waals surface area contributed by atoms with Gasteiger partial charge in [0.25, 0.3) is 0 Å². The van der Waals surface area contributed by atoms with Gasteiger partial charge in [0, 0.05) is 38.5 Å². The Morgan fingerprint density at radius 1 is 0.852 bits per heavy atom. The molecule has 0 radical (unpaired) electrons. The maximum Gasteiger partial charge on any atom is 0.245 e. The van der Waals surface area contributed by atoms with E-state index in [4.69, 9.17) is 0 Å². The second-order valence-corrected chi connectivity index (χ2v) is 8.43. The Labute approximate surface area is 163 Å². The average molecular weight is 378 g/mol. The molecule has 2 heterocycles. The summed E-state index contributed by atoms with van der Waals surface area (Å²) in [6.45, 7) is 4.89. The fraction of sp³-hybridized carbons (Fsp3) is 0.857. The number of carbonyl (C=O) groups excluding carboxylic acids is 3. The minimum Gasteiger partial charge on any atom is -0.344 e. The zero-order chi connectivity index (χ0) is 19.2. The van der Waals surface area contributed by atoms with Crippen molar-refractivity contribution in [2.45, 2.75) is 77.2 Å². The molecule has 2 aliphatic heterocycles. The van der Waals surface area contributed by atoms with Gasteiger partial charge in [0.15, 0.2) is 0 Å². The fourth-order valence-corrected chi connectivity index (χ4v) is 4.86. The molecule has 0 aromatic carbocycles. The van der Waals surface area contributed by atoms with Gasteiger partial charge in [-0.15, -0.1) is 0 Å². The number of nitrogens with zero attached hydrogens (tertiary/aromatic N) is 2. The van der Waals surface area contributed by atoms with Crippen LogP contribution in [0.1, 0.15) is 71.1 Å². The molecule has 1 saturated carbocycles. The minimum absolute atomic E-state index is 0.0647. The van der Waals surface area contributed by atoms with Crippen LogP contribution in [0.2, 0.25) is 0 Å². The highest BCUT2D eigenvalue weighted by Gasteiger charge is 2.37. The van der Waals surface area contributed by atoms with Crippen molar-refractivity contribution < 1.29 is 14.4 Å². The van der Waals surface area contributed by atoms with Crippen molar-refractivity contribution >= 4 is 17.7 Å². The standard InChI is InChI=1S/C21H35N3O3/c1-2-18(25)23-14-10-16(11-15-23)19(21(27)24-12-6-3-7-13-24)22-20(26)17-8-4-5-9-17/h16-17,19H,2-15H2,1H3,(H,22,26). The summed E-state index contributed by atoms with van der Waals surface area (Å²) < 4.78 is 0. The predicted molar refractivity (Wildman–Crippen MR) is 104 cm³/mol. The Kier molecular flexibility index (Phi) is 7.13. The highest BCUT2D eigenvalue weighted by Crippen LogP contribution is 2.27. The van der Waals surface area contributed by atoms with E-state index in [-0.39, 0.29) is 29.6 Å². The summed E-state index contributed by atoms with van der Waals surface area (Å²) in [6, 6.07) is -0.421. The zero-order valence-corrected chi connectivity index (χ0v) is 16.8. The molecule has 3 rings (SSSR count). The van der Waals surface area contributed by atoms with Crippen molar-refractivity contribution in [2.24, 2.45) is 11.8 Å². The lowest BCUT2D eigenvalue weighted by Gasteiger charge is -2.38. The molecule has 3 amide bonds. The first-order chi connectivity index (χ1) is 13.1. The van der Waals surface area contributed by atoms with E-state index in [0.717, 1.165) is 64.5 Å². The number of carbonyl (C=O) groups is 3. The lowest BCUT2D eigenvalue weighted by molar-refractivity contribution is -0.141. The van der Waals surface area contributed by atoms with Crippen LogP contribution >= 0.6 is 0 Å². The van der Waals surface area contributed by atoms with Gasteiger partial charge in [0.1, 0.15) is 6.04 Å². The van der Waals surface area contributed by atoms with Crippen LogP contribution in [0, 0.1) is 11.8 Å². The summed E-state index contributed by atoms with van der Waals surface area (Å²) >= 11 is 0. The average Bonchev–Trinajstić information content (AvgIpc) is 3.26. The number of amides is 3. The first-order valence-electron chi connectivity index (χ1n) is 11.0. The summed E-state index contributed by atoms with van der Waals surface area (Å²) in [4.78, 5) is 41.8. The molecule has 1 atom stereocenters. The number of hydrogen-bond donors (Lipinski definition) is 1. The van der Waals surface area contributed by atoms with Crippen molar-refractivity contribution in [1.82, 2.24) is 15.1 Å². The molecule has 0 aromatic heterocycles. The molecule has 152 valence electrons. The van der Waals surface area contributed by atoms with Crippen molar-refractivity contribution in [3.63, 3.8) is 0 Å². The van der Waals surface area contributed by atoms with Crippen molar-refractivity contribution in [1.29, 1.82) is 0 Å². The Bertz CT molecular complexity index is 531. The van der Waals surface area contributed by atoms with Crippen molar-refractivity contribution in [3.8, 4) is 0 Å². The quantitative estimate of drug-likeness (QED) is 0.799. The summed E-state index contributed by atoms with van der Waals surface area (Å²) in [5, 5.41) is 3.15. The predicted octanol–water partition coefficient (Wildman–Crippen LogP) is 2.32. The normalized spacial score (nSPS) is 23.3. The third-order valence-electron chi connectivity index (χ3n) is 6.62. The third-order valence-corrected chi connectivity index (χ3v) is 6.62. The number of piperidine rings is 2. The molecule has 1 unspecified atom stereocenters. The Balaban J connectivity index is 1.66. The van der Waals surface area contributed by atoms with E-state index in [1.165, 1.54) is 6.42 Å². The Morgan fingerprint density at radius 3 is 2.07 bits per heavy atom. The molecule has 0 aromatic rings. The molecule has 3 fully saturated rings. The van der Waals surface area contributed by atoms with Crippen LogP contribution in [-0.2, 0) is 14.4 Å². The van der Waals surface area contributed by atoms with Gasteiger partial charge in [0.2, 0.25) is 17.7 Å². The highest BCUT2D eigenvalue weighted by molar-refractivity contribution is 5.89. The minimum atomic E-state index is -0.421. The number of rotatable bonds is 5. The molecule has 1 aliphatic carbocycles. The molecule has 6 nitrogen and oxygen atoms in total. The van der Waals surface area contributed by atoms with Gasteiger partial charge < -0.3 is 15.1 Å². The maximum atomic E-state index is 13.3. The smallest absolute Gasteiger partial charge is 0.245 e. The highest BCUT2D eigenvalue weighted by atomic mass is 16.2. The van der Waals surface area contributed by atoms with Gasteiger partial charge >= 0.3 is 0 Å². The van der Waals surface area contributed by atoms with Crippen LogP contribution in [0.3, 0.4) is 0 Å². The second kappa shape index (κ2) is 9.56. The molecule has 6 heteroatoms. The summed E-state index contributed by atoms with van der Waals surface area (Å²) in [7, 11) is 0. The number of likely N-dealkylation sites (tertiary alicyclic amines) is 2. The van der Waals surface area contributed by atoms with Crippen LogP contribution in [0.15, 0.2) is 0 Å². The van der Waals surface area contributed by atoms with E-state index < -0.39 is 6.04 Å². The largest absolute Gasteiger partial charge is 0.344 e. The van der Waals surface area contributed by atoms with E-state index in [1.807, 2.05) is 16.7 Å². The summed E-state index contributed by atoms with van der Waals surface area (Å²) in [6.07, 6.45) is 9.51. The molecular weight excluding hydrogens is 342 g/mol. The van der Waals surface area contributed by atoms with Crippen LogP contribution in [0.25, 0.3) is 0 Å². The monoisotopic (exact) mass is 377 g/mol. The molecule has 2 saturated heterocycles. The van der Waals surface area contributed by atoms with Gasteiger partial charge in [-0.2, -0.15) is 0 Å². The Hall–Kier alpha value is -1.59. The van der Waals surface area contributed by atoms with E-state index in [0.29, 0.717) is 19.5 Å². The first-order valence-corrected chi connectivity index (χ1v) is 11.0. The lowest BCUT2D eigenvalue weighted by atomic mass is 9.87. The third kappa shape index (κ3) is 5.02. The zero-order valence-electron chi connectivity index (χ0n) is 16.8. The van der Waals surface area contributed by atoms with E-state index in [1.54, 1.807) is 0 Å². The number of nitrogens with one attached hydrogen (secondary N) is 1. The SMILES string of the molecule is CCC(=O)N1CCC(C(NC(=O)C2CCCC2)C(=O)N2CCCCC2)CC1. The Morgan fingerprint density at radius 2 is 1.48 bits per heavy atom. The first kappa shape index (κ1) is 20.2. The second-order valence-electron chi connectivity index (χ2n) is 8.43. The van der Waals surface area contributed by atoms with Gasteiger partial charge in [-0.1, -0.05) is 19.8 Å². The van der Waals surface area contributed by atoms with E-state index >= 15 is 0 Å². The van der Waals surface area contributed by atoms with Crippen LogP contribution in [0.5, 0.6) is 0 Å². The van der Waals surface area contributed by atoms with Crippen LogP contribution in [0.4, 0.5) is 0 Å². The molecule has 0 bridgehead atoms. The van der Waals surface area contributed by atoms with E-state index in [9.17, 15) is 14.4 Å². The number of hydrogen-bond acceptors (Lipinski definition) is 3. The molecule has 1 N–H and O–H groups in total. The fourth-order valence-electron chi connectivity index (χ4n) is 4.86. The lowest BCUT2D eigenvalue weighted by Crippen LogP contribution is -2.56. The molecule has 0 spiro atoms. The topological polar surface area (TPSA) is 69.7 Å². The molecular formula is C21H35N3O3. The molecule has 27 heavy (non-hydrogen) atoms. The summed E-state index contributed by atoms with van der Waals surface area (Å²) in [5.74, 6) is 0.549. The van der Waals surface area contributed by atoms with Gasteiger partial charge in [-0.3, -0.25) is 14.4 Å². The van der Waals surface area contributed by atoms with Crippen molar-refractivity contribution in [3.05, 3.63) is 0 Å². The maximum absolute atomic E-state index is 13.3.